The molecular formula is C19H24N4O5. The van der Waals surface area contributed by atoms with E-state index in [0.29, 0.717) is 24.7 Å². The van der Waals surface area contributed by atoms with Crippen molar-refractivity contribution in [1.82, 2.24) is 15.4 Å². The summed E-state index contributed by atoms with van der Waals surface area (Å²) in [5.74, 6) is -0.189. The minimum atomic E-state index is -0.749. The first-order valence-electron chi connectivity index (χ1n) is 9.77. The molecule has 0 aromatic carbocycles. The van der Waals surface area contributed by atoms with Crippen LogP contribution < -0.4 is 10.2 Å². The molecule has 1 aromatic rings. The molecule has 0 aliphatic carbocycles. The summed E-state index contributed by atoms with van der Waals surface area (Å²) in [7, 11) is 0. The third-order valence-electron chi connectivity index (χ3n) is 6.13. The van der Waals surface area contributed by atoms with Gasteiger partial charge in [-0.15, -0.1) is 0 Å². The highest BCUT2D eigenvalue weighted by Crippen LogP contribution is 2.52. The van der Waals surface area contributed by atoms with Gasteiger partial charge in [0, 0.05) is 32.2 Å². The Labute approximate surface area is 162 Å². The standard InChI is InChI=1S/C19H24N4O5/c1-12-10-14(21-28-12)23-11-19-3-2-13(27-19)15(16(19)18(23)25)17(24)20-4-5-22-6-8-26-9-7-22/h2-3,10,13,15-16H,4-9,11H2,1H3,(H,20,24)/t13-,15?,16?,19?/m1/s1. The van der Waals surface area contributed by atoms with Crippen LogP contribution in [0, 0.1) is 18.8 Å². The van der Waals surface area contributed by atoms with Crippen LogP contribution in [-0.4, -0.2) is 79.5 Å². The molecule has 4 atom stereocenters. The van der Waals surface area contributed by atoms with Crippen molar-refractivity contribution in [1.29, 1.82) is 0 Å². The summed E-state index contributed by atoms with van der Waals surface area (Å²) in [5, 5.41) is 6.97. The molecule has 3 unspecified atom stereocenters. The van der Waals surface area contributed by atoms with E-state index in [2.05, 4.69) is 15.4 Å². The molecule has 4 aliphatic rings. The Morgan fingerprint density at radius 2 is 2.21 bits per heavy atom. The van der Waals surface area contributed by atoms with Crippen molar-refractivity contribution in [3.63, 3.8) is 0 Å². The number of aromatic nitrogens is 1. The van der Waals surface area contributed by atoms with Gasteiger partial charge in [-0.1, -0.05) is 17.3 Å². The monoisotopic (exact) mass is 388 g/mol. The SMILES string of the molecule is Cc1cc(N2CC34C=C[C@@H](O3)C(C(=O)NCCN3CCOCC3)C4C2=O)no1. The van der Waals surface area contributed by atoms with Gasteiger partial charge < -0.3 is 19.3 Å². The van der Waals surface area contributed by atoms with E-state index in [1.54, 1.807) is 17.9 Å². The molecule has 5 rings (SSSR count). The number of morpholine rings is 1. The summed E-state index contributed by atoms with van der Waals surface area (Å²) in [6.07, 6.45) is 3.50. The first-order valence-corrected chi connectivity index (χ1v) is 9.77. The van der Waals surface area contributed by atoms with Gasteiger partial charge in [-0.3, -0.25) is 19.4 Å². The number of anilines is 1. The van der Waals surface area contributed by atoms with Gasteiger partial charge in [-0.2, -0.15) is 0 Å². The Bertz CT molecular complexity index is 817. The number of aryl methyl sites for hydroxylation is 1. The highest BCUT2D eigenvalue weighted by atomic mass is 16.5. The fourth-order valence-corrected chi connectivity index (χ4v) is 4.75. The Morgan fingerprint density at radius 1 is 1.39 bits per heavy atom. The van der Waals surface area contributed by atoms with Crippen LogP contribution >= 0.6 is 0 Å². The topological polar surface area (TPSA) is 97.1 Å². The molecular weight excluding hydrogens is 364 g/mol. The van der Waals surface area contributed by atoms with E-state index in [0.717, 1.165) is 32.8 Å². The Balaban J connectivity index is 1.27. The second kappa shape index (κ2) is 6.68. The number of hydrogen-bond donors (Lipinski definition) is 1. The number of amides is 2. The highest BCUT2D eigenvalue weighted by molar-refractivity contribution is 6.02. The van der Waals surface area contributed by atoms with Gasteiger partial charge >= 0.3 is 0 Å². The fourth-order valence-electron chi connectivity index (χ4n) is 4.75. The van der Waals surface area contributed by atoms with Crippen LogP contribution in [-0.2, 0) is 19.1 Å². The van der Waals surface area contributed by atoms with Crippen LogP contribution in [0.1, 0.15) is 5.76 Å². The van der Waals surface area contributed by atoms with E-state index in [9.17, 15) is 9.59 Å². The van der Waals surface area contributed by atoms with Gasteiger partial charge in [0.05, 0.1) is 37.7 Å². The lowest BCUT2D eigenvalue weighted by Crippen LogP contribution is -2.46. The van der Waals surface area contributed by atoms with E-state index in [4.69, 9.17) is 14.0 Å². The van der Waals surface area contributed by atoms with Crippen molar-refractivity contribution in [2.45, 2.75) is 18.6 Å². The quantitative estimate of drug-likeness (QED) is 0.693. The Kier molecular flexibility index (Phi) is 4.26. The zero-order valence-corrected chi connectivity index (χ0v) is 15.8. The minimum Gasteiger partial charge on any atom is -0.379 e. The maximum Gasteiger partial charge on any atom is 0.235 e. The molecule has 9 heteroatoms. The lowest BCUT2D eigenvalue weighted by Gasteiger charge is -2.27. The molecule has 150 valence electrons. The Morgan fingerprint density at radius 3 is 2.96 bits per heavy atom. The zero-order valence-electron chi connectivity index (χ0n) is 15.8. The smallest absolute Gasteiger partial charge is 0.235 e. The van der Waals surface area contributed by atoms with Gasteiger partial charge in [0.15, 0.2) is 5.82 Å². The molecule has 1 aromatic heterocycles. The normalized spacial score (nSPS) is 34.2. The molecule has 28 heavy (non-hydrogen) atoms. The molecule has 4 aliphatic heterocycles. The number of nitrogens with zero attached hydrogens (tertiary/aromatic N) is 3. The minimum absolute atomic E-state index is 0.124. The summed E-state index contributed by atoms with van der Waals surface area (Å²) in [4.78, 5) is 29.9. The molecule has 2 bridgehead atoms. The van der Waals surface area contributed by atoms with Gasteiger partial charge in [-0.25, -0.2) is 0 Å². The van der Waals surface area contributed by atoms with E-state index >= 15 is 0 Å². The van der Waals surface area contributed by atoms with Crippen molar-refractivity contribution in [2.75, 3.05) is 50.8 Å². The van der Waals surface area contributed by atoms with Crippen molar-refractivity contribution in [2.24, 2.45) is 11.8 Å². The van der Waals surface area contributed by atoms with Crippen LogP contribution in [0.2, 0.25) is 0 Å². The molecule has 2 amide bonds. The molecule has 0 radical (unpaired) electrons. The number of hydrogen-bond acceptors (Lipinski definition) is 7. The van der Waals surface area contributed by atoms with Crippen LogP contribution in [0.4, 0.5) is 5.82 Å². The third-order valence-corrected chi connectivity index (χ3v) is 6.13. The van der Waals surface area contributed by atoms with Gasteiger partial charge in [-0.05, 0) is 6.92 Å². The largest absolute Gasteiger partial charge is 0.379 e. The highest BCUT2D eigenvalue weighted by Gasteiger charge is 2.67. The average molecular weight is 388 g/mol. The number of rotatable bonds is 5. The first kappa shape index (κ1) is 17.8. The molecule has 5 heterocycles. The van der Waals surface area contributed by atoms with E-state index in [-0.39, 0.29) is 17.9 Å². The average Bonchev–Trinajstić information content (AvgIpc) is 3.44. The first-order chi connectivity index (χ1) is 13.6. The van der Waals surface area contributed by atoms with Crippen molar-refractivity contribution < 1.29 is 23.6 Å². The number of nitrogens with one attached hydrogen (secondary N) is 1. The maximum absolute atomic E-state index is 13.1. The summed E-state index contributed by atoms with van der Waals surface area (Å²) in [6.45, 7) is 6.68. The zero-order chi connectivity index (χ0) is 19.3. The molecule has 3 fully saturated rings. The van der Waals surface area contributed by atoms with Crippen LogP contribution in [0.15, 0.2) is 22.7 Å². The predicted molar refractivity (Wildman–Crippen MR) is 97.6 cm³/mol. The summed E-state index contributed by atoms with van der Waals surface area (Å²) in [6, 6.07) is 1.73. The molecule has 3 saturated heterocycles. The maximum atomic E-state index is 13.1. The van der Waals surface area contributed by atoms with Gasteiger partial charge in [0.2, 0.25) is 11.8 Å². The second-order valence-electron chi connectivity index (χ2n) is 7.87. The number of ether oxygens (including phenoxy) is 2. The van der Waals surface area contributed by atoms with E-state index in [1.165, 1.54) is 0 Å². The van der Waals surface area contributed by atoms with Crippen LogP contribution in [0.25, 0.3) is 0 Å². The molecule has 1 N–H and O–H groups in total. The predicted octanol–water partition coefficient (Wildman–Crippen LogP) is -0.282. The molecule has 1 spiro atoms. The van der Waals surface area contributed by atoms with Crippen molar-refractivity contribution >= 4 is 17.6 Å². The van der Waals surface area contributed by atoms with Crippen LogP contribution in [0.3, 0.4) is 0 Å². The van der Waals surface area contributed by atoms with E-state index < -0.39 is 17.4 Å². The Hall–Kier alpha value is -2.23. The summed E-state index contributed by atoms with van der Waals surface area (Å²) in [5.41, 5.74) is -0.749. The van der Waals surface area contributed by atoms with Crippen molar-refractivity contribution in [3.8, 4) is 0 Å². The fraction of sp³-hybridized carbons (Fsp3) is 0.632. The lowest BCUT2D eigenvalue weighted by molar-refractivity contribution is -0.132. The lowest BCUT2D eigenvalue weighted by atomic mass is 9.77. The number of carbonyl (C=O) groups excluding carboxylic acids is 2. The molecule has 9 nitrogen and oxygen atoms in total. The van der Waals surface area contributed by atoms with Crippen molar-refractivity contribution in [3.05, 3.63) is 24.0 Å². The number of fused-ring (bicyclic) bond motifs is 1. The van der Waals surface area contributed by atoms with Crippen LogP contribution in [0.5, 0.6) is 0 Å². The second-order valence-corrected chi connectivity index (χ2v) is 7.87. The van der Waals surface area contributed by atoms with E-state index in [1.807, 2.05) is 12.2 Å². The third kappa shape index (κ3) is 2.76. The van der Waals surface area contributed by atoms with Gasteiger partial charge in [0.25, 0.3) is 0 Å². The molecule has 0 saturated carbocycles. The van der Waals surface area contributed by atoms with Gasteiger partial charge in [0.1, 0.15) is 11.4 Å². The summed E-state index contributed by atoms with van der Waals surface area (Å²) >= 11 is 0. The number of carbonyl (C=O) groups is 2. The summed E-state index contributed by atoms with van der Waals surface area (Å²) < 4.78 is 16.6.